The predicted molar refractivity (Wildman–Crippen MR) is 89.5 cm³/mol. The number of benzene rings is 1. The summed E-state index contributed by atoms with van der Waals surface area (Å²) in [4.78, 5) is 12.2. The number of fused-ring (bicyclic) bond motifs is 2. The zero-order valence-corrected chi connectivity index (χ0v) is 13.9. The largest absolute Gasteiger partial charge is 0.492 e. The van der Waals surface area contributed by atoms with Gasteiger partial charge in [-0.15, -0.1) is 12.4 Å². The van der Waals surface area contributed by atoms with Crippen molar-refractivity contribution in [1.82, 2.24) is 5.32 Å². The van der Waals surface area contributed by atoms with Crippen molar-refractivity contribution in [3.05, 3.63) is 29.3 Å². The molecule has 1 aromatic rings. The quantitative estimate of drug-likeness (QED) is 0.807. The average molecular weight is 345 g/mol. The molecule has 0 heterocycles. The van der Waals surface area contributed by atoms with Gasteiger partial charge < -0.3 is 15.8 Å². The third-order valence-corrected chi connectivity index (χ3v) is 5.02. The fraction of sp³-hybridized carbons (Fsp3) is 0.562. The van der Waals surface area contributed by atoms with Crippen molar-refractivity contribution < 1.29 is 9.53 Å². The summed E-state index contributed by atoms with van der Waals surface area (Å²) < 4.78 is 5.56. The lowest BCUT2D eigenvalue weighted by Gasteiger charge is -2.26. The molecule has 2 saturated carbocycles. The molecule has 0 radical (unpaired) electrons. The van der Waals surface area contributed by atoms with Crippen molar-refractivity contribution in [2.45, 2.75) is 25.3 Å². The van der Waals surface area contributed by atoms with Gasteiger partial charge in [-0.05, 0) is 55.4 Å². The summed E-state index contributed by atoms with van der Waals surface area (Å²) >= 11 is 5.81. The SMILES string of the molecule is Cl.NC1C2CCC(C2)C1C(=O)NCCOc1ccc(Cl)cc1. The van der Waals surface area contributed by atoms with Crippen LogP contribution in [0.5, 0.6) is 5.75 Å². The van der Waals surface area contributed by atoms with Gasteiger partial charge in [0.25, 0.3) is 0 Å². The average Bonchev–Trinajstić information content (AvgIpc) is 3.06. The molecule has 122 valence electrons. The molecule has 6 heteroatoms. The van der Waals surface area contributed by atoms with E-state index in [1.807, 2.05) is 12.1 Å². The fourth-order valence-corrected chi connectivity index (χ4v) is 3.84. The molecule has 2 aliphatic rings. The third kappa shape index (κ3) is 3.67. The van der Waals surface area contributed by atoms with Crippen LogP contribution in [0.4, 0.5) is 0 Å². The van der Waals surface area contributed by atoms with E-state index in [0.29, 0.717) is 30.0 Å². The second-order valence-corrected chi connectivity index (χ2v) is 6.47. The van der Waals surface area contributed by atoms with Crippen LogP contribution in [0, 0.1) is 17.8 Å². The van der Waals surface area contributed by atoms with E-state index in [1.165, 1.54) is 6.42 Å². The highest BCUT2D eigenvalue weighted by molar-refractivity contribution is 6.30. The summed E-state index contributed by atoms with van der Waals surface area (Å²) in [6.07, 6.45) is 3.47. The number of amides is 1. The van der Waals surface area contributed by atoms with Crippen LogP contribution in [0.3, 0.4) is 0 Å². The number of halogens is 2. The van der Waals surface area contributed by atoms with Gasteiger partial charge in [0.2, 0.25) is 5.91 Å². The molecule has 0 aliphatic heterocycles. The first kappa shape index (κ1) is 17.4. The topological polar surface area (TPSA) is 64.4 Å². The number of carbonyl (C=O) groups is 1. The van der Waals surface area contributed by atoms with Gasteiger partial charge in [0.05, 0.1) is 12.5 Å². The van der Waals surface area contributed by atoms with Gasteiger partial charge >= 0.3 is 0 Å². The van der Waals surface area contributed by atoms with Crippen LogP contribution in [-0.4, -0.2) is 25.1 Å². The highest BCUT2D eigenvalue weighted by atomic mass is 35.5. The molecule has 3 N–H and O–H groups in total. The van der Waals surface area contributed by atoms with E-state index < -0.39 is 0 Å². The normalized spacial score (nSPS) is 29.0. The van der Waals surface area contributed by atoms with Crippen molar-refractivity contribution in [3.63, 3.8) is 0 Å². The highest BCUT2D eigenvalue weighted by Crippen LogP contribution is 2.47. The lowest BCUT2D eigenvalue weighted by atomic mass is 9.84. The van der Waals surface area contributed by atoms with Crippen molar-refractivity contribution in [3.8, 4) is 5.75 Å². The van der Waals surface area contributed by atoms with Gasteiger partial charge in [-0.1, -0.05) is 11.6 Å². The zero-order chi connectivity index (χ0) is 14.8. The van der Waals surface area contributed by atoms with E-state index in [0.717, 1.165) is 18.6 Å². The van der Waals surface area contributed by atoms with Gasteiger partial charge in [-0.2, -0.15) is 0 Å². The molecule has 4 atom stereocenters. The second-order valence-electron chi connectivity index (χ2n) is 6.03. The molecule has 0 aromatic heterocycles. The lowest BCUT2D eigenvalue weighted by molar-refractivity contribution is -0.127. The van der Waals surface area contributed by atoms with Crippen molar-refractivity contribution in [2.75, 3.05) is 13.2 Å². The number of nitrogens with two attached hydrogens (primary N) is 1. The van der Waals surface area contributed by atoms with E-state index in [-0.39, 0.29) is 30.3 Å². The molecule has 2 aliphatic carbocycles. The summed E-state index contributed by atoms with van der Waals surface area (Å²) in [5.74, 6) is 1.89. The Morgan fingerprint density at radius 1 is 1.27 bits per heavy atom. The van der Waals surface area contributed by atoms with E-state index in [4.69, 9.17) is 22.1 Å². The number of carbonyl (C=O) groups excluding carboxylic acids is 1. The van der Waals surface area contributed by atoms with Crippen LogP contribution < -0.4 is 15.8 Å². The molecule has 0 spiro atoms. The van der Waals surface area contributed by atoms with Gasteiger partial charge in [-0.3, -0.25) is 4.79 Å². The Morgan fingerprint density at radius 2 is 1.95 bits per heavy atom. The molecule has 2 fully saturated rings. The van der Waals surface area contributed by atoms with Gasteiger partial charge in [-0.25, -0.2) is 0 Å². The Balaban J connectivity index is 0.00000176. The first-order valence-electron chi connectivity index (χ1n) is 7.57. The summed E-state index contributed by atoms with van der Waals surface area (Å²) in [6.45, 7) is 0.950. The van der Waals surface area contributed by atoms with Crippen LogP contribution in [0.1, 0.15) is 19.3 Å². The third-order valence-electron chi connectivity index (χ3n) is 4.77. The lowest BCUT2D eigenvalue weighted by Crippen LogP contribution is -2.46. The Morgan fingerprint density at radius 3 is 2.59 bits per heavy atom. The summed E-state index contributed by atoms with van der Waals surface area (Å²) in [6, 6.07) is 7.24. The number of hydrogen-bond acceptors (Lipinski definition) is 3. The van der Waals surface area contributed by atoms with Crippen molar-refractivity contribution >= 4 is 29.9 Å². The Bertz CT molecular complexity index is 507. The van der Waals surface area contributed by atoms with E-state index >= 15 is 0 Å². The Labute approximate surface area is 142 Å². The highest BCUT2D eigenvalue weighted by Gasteiger charge is 2.48. The minimum Gasteiger partial charge on any atom is -0.492 e. The van der Waals surface area contributed by atoms with Crippen LogP contribution in [0.2, 0.25) is 5.02 Å². The van der Waals surface area contributed by atoms with Crippen LogP contribution >= 0.6 is 24.0 Å². The predicted octanol–water partition coefficient (Wildman–Crippen LogP) is 2.63. The molecule has 0 saturated heterocycles. The second kappa shape index (κ2) is 7.53. The van der Waals surface area contributed by atoms with Crippen LogP contribution in [0.15, 0.2) is 24.3 Å². The maximum Gasteiger partial charge on any atom is 0.225 e. The minimum absolute atomic E-state index is 0. The Kier molecular flexibility index (Phi) is 5.95. The zero-order valence-electron chi connectivity index (χ0n) is 12.3. The van der Waals surface area contributed by atoms with E-state index in [1.54, 1.807) is 12.1 Å². The van der Waals surface area contributed by atoms with Crippen LogP contribution in [-0.2, 0) is 4.79 Å². The van der Waals surface area contributed by atoms with Crippen molar-refractivity contribution in [2.24, 2.45) is 23.5 Å². The molecule has 4 nitrogen and oxygen atoms in total. The summed E-state index contributed by atoms with van der Waals surface area (Å²) in [5.41, 5.74) is 6.17. The van der Waals surface area contributed by atoms with E-state index in [2.05, 4.69) is 5.32 Å². The number of rotatable bonds is 5. The number of ether oxygens (including phenoxy) is 1. The monoisotopic (exact) mass is 344 g/mol. The maximum atomic E-state index is 12.2. The molecular weight excluding hydrogens is 323 g/mol. The van der Waals surface area contributed by atoms with Crippen LogP contribution in [0.25, 0.3) is 0 Å². The molecule has 1 aromatic carbocycles. The van der Waals surface area contributed by atoms with Gasteiger partial charge in [0.15, 0.2) is 0 Å². The number of hydrogen-bond donors (Lipinski definition) is 2. The standard InChI is InChI=1S/C16H21ClN2O2.ClH/c17-12-3-5-13(6-4-12)21-8-7-19-16(20)14-10-1-2-11(9-10)15(14)18;/h3-6,10-11,14-15H,1-2,7-9,18H2,(H,19,20);1H. The first-order chi connectivity index (χ1) is 10.1. The minimum atomic E-state index is -0.000665. The molecular formula is C16H22Cl2N2O2. The van der Waals surface area contributed by atoms with Gasteiger partial charge in [0.1, 0.15) is 12.4 Å². The number of nitrogens with one attached hydrogen (secondary N) is 1. The first-order valence-corrected chi connectivity index (χ1v) is 7.94. The molecule has 1 amide bonds. The summed E-state index contributed by atoms with van der Waals surface area (Å²) in [7, 11) is 0. The smallest absolute Gasteiger partial charge is 0.225 e. The fourth-order valence-electron chi connectivity index (χ4n) is 3.72. The molecule has 4 unspecified atom stereocenters. The molecule has 3 rings (SSSR count). The Hall–Kier alpha value is -0.970. The van der Waals surface area contributed by atoms with E-state index in [9.17, 15) is 4.79 Å². The molecule has 2 bridgehead atoms. The molecule has 22 heavy (non-hydrogen) atoms. The van der Waals surface area contributed by atoms with Crippen molar-refractivity contribution in [1.29, 1.82) is 0 Å². The van der Waals surface area contributed by atoms with Gasteiger partial charge in [0, 0.05) is 11.1 Å². The maximum absolute atomic E-state index is 12.2. The summed E-state index contributed by atoms with van der Waals surface area (Å²) in [5, 5.41) is 3.63.